The summed E-state index contributed by atoms with van der Waals surface area (Å²) in [5.74, 6) is 1.41. The van der Waals surface area contributed by atoms with E-state index in [1.54, 1.807) is 0 Å². The Morgan fingerprint density at radius 2 is 2.28 bits per heavy atom. The van der Waals surface area contributed by atoms with Crippen molar-refractivity contribution in [3.8, 4) is 0 Å². The van der Waals surface area contributed by atoms with Crippen molar-refractivity contribution in [3.63, 3.8) is 0 Å². The molecule has 2 aliphatic heterocycles. The third-order valence-electron chi connectivity index (χ3n) is 3.85. The van der Waals surface area contributed by atoms with E-state index in [0.717, 1.165) is 11.0 Å². The van der Waals surface area contributed by atoms with Crippen LogP contribution in [0.2, 0.25) is 0 Å². The molecule has 2 unspecified atom stereocenters. The molecule has 2 fully saturated rings. The second kappa shape index (κ2) is 4.93. The van der Waals surface area contributed by atoms with Gasteiger partial charge in [0.1, 0.15) is 11.6 Å². The molecule has 0 amide bonds. The molecule has 3 N–H and O–H groups in total. The molecule has 0 saturated carbocycles. The molecule has 3 heterocycles. The summed E-state index contributed by atoms with van der Waals surface area (Å²) in [6.45, 7) is 2.46. The van der Waals surface area contributed by atoms with E-state index in [0.29, 0.717) is 17.9 Å². The van der Waals surface area contributed by atoms with Gasteiger partial charge in [-0.1, -0.05) is 11.8 Å². The van der Waals surface area contributed by atoms with E-state index in [-0.39, 0.29) is 0 Å². The van der Waals surface area contributed by atoms with Crippen LogP contribution in [0.1, 0.15) is 19.3 Å². The third kappa shape index (κ3) is 2.27. The maximum atomic E-state index is 5.80. The van der Waals surface area contributed by atoms with Crippen molar-refractivity contribution >= 4 is 23.4 Å². The van der Waals surface area contributed by atoms with Gasteiger partial charge in [-0.3, -0.25) is 4.90 Å². The average Bonchev–Trinajstić information content (AvgIpc) is 2.93. The van der Waals surface area contributed by atoms with E-state index in [9.17, 15) is 0 Å². The number of nitrogen functional groups attached to an aromatic ring is 1. The summed E-state index contributed by atoms with van der Waals surface area (Å²) in [5.41, 5.74) is 5.80. The number of nitrogens with one attached hydrogen (secondary N) is 1. The number of anilines is 2. The standard InChI is InChI=1S/C12H19N5S/c1-18-12-15-10(13)7-11(16-12)14-8-4-6-17-5-2-3-9(8)17/h7-9H,2-6H2,1H3,(H3,13,14,15,16). The molecular formula is C12H19N5S. The molecule has 0 bridgehead atoms. The van der Waals surface area contributed by atoms with E-state index in [2.05, 4.69) is 20.2 Å². The monoisotopic (exact) mass is 265 g/mol. The Kier molecular flexibility index (Phi) is 3.30. The van der Waals surface area contributed by atoms with Crippen molar-refractivity contribution in [2.24, 2.45) is 0 Å². The Labute approximate surface area is 112 Å². The van der Waals surface area contributed by atoms with Gasteiger partial charge in [0.15, 0.2) is 5.16 Å². The second-order valence-corrected chi connectivity index (χ2v) is 5.72. The number of hydrogen-bond acceptors (Lipinski definition) is 6. The number of rotatable bonds is 3. The van der Waals surface area contributed by atoms with Gasteiger partial charge in [-0.2, -0.15) is 0 Å². The van der Waals surface area contributed by atoms with Gasteiger partial charge in [0, 0.05) is 24.7 Å². The van der Waals surface area contributed by atoms with Crippen LogP contribution in [0, 0.1) is 0 Å². The number of fused-ring (bicyclic) bond motifs is 1. The molecule has 5 nitrogen and oxygen atoms in total. The SMILES string of the molecule is CSc1nc(N)cc(NC2CCN3CCCC23)n1. The molecule has 0 spiro atoms. The van der Waals surface area contributed by atoms with E-state index in [1.165, 1.54) is 44.1 Å². The number of aromatic nitrogens is 2. The number of hydrogen-bond donors (Lipinski definition) is 2. The Morgan fingerprint density at radius 3 is 3.11 bits per heavy atom. The van der Waals surface area contributed by atoms with Crippen molar-refractivity contribution in [3.05, 3.63) is 6.07 Å². The van der Waals surface area contributed by atoms with Crippen LogP contribution in [0.4, 0.5) is 11.6 Å². The highest BCUT2D eigenvalue weighted by molar-refractivity contribution is 7.98. The normalized spacial score (nSPS) is 27.4. The zero-order valence-electron chi connectivity index (χ0n) is 10.6. The fraction of sp³-hybridized carbons (Fsp3) is 0.667. The molecule has 0 aromatic carbocycles. The number of thioether (sulfide) groups is 1. The maximum absolute atomic E-state index is 5.80. The van der Waals surface area contributed by atoms with Crippen LogP contribution in [0.3, 0.4) is 0 Å². The third-order valence-corrected chi connectivity index (χ3v) is 4.40. The fourth-order valence-corrected chi connectivity index (χ4v) is 3.44. The second-order valence-electron chi connectivity index (χ2n) is 4.95. The Hall–Kier alpha value is -1.01. The summed E-state index contributed by atoms with van der Waals surface area (Å²) >= 11 is 1.52. The van der Waals surface area contributed by atoms with Gasteiger partial charge >= 0.3 is 0 Å². The number of nitrogens with zero attached hydrogens (tertiary/aromatic N) is 3. The van der Waals surface area contributed by atoms with Crippen molar-refractivity contribution in [1.29, 1.82) is 0 Å². The average molecular weight is 265 g/mol. The first-order valence-corrected chi connectivity index (χ1v) is 7.68. The largest absolute Gasteiger partial charge is 0.383 e. The quantitative estimate of drug-likeness (QED) is 0.636. The minimum absolute atomic E-state index is 0.511. The molecule has 98 valence electrons. The summed E-state index contributed by atoms with van der Waals surface area (Å²) in [6.07, 6.45) is 5.79. The summed E-state index contributed by atoms with van der Waals surface area (Å²) in [5, 5.41) is 4.28. The molecular weight excluding hydrogens is 246 g/mol. The predicted molar refractivity (Wildman–Crippen MR) is 74.8 cm³/mol. The van der Waals surface area contributed by atoms with Gasteiger partial charge in [-0.25, -0.2) is 9.97 Å². The topological polar surface area (TPSA) is 67.1 Å². The van der Waals surface area contributed by atoms with Gasteiger partial charge in [-0.05, 0) is 32.1 Å². The highest BCUT2D eigenvalue weighted by Gasteiger charge is 2.37. The molecule has 1 aromatic rings. The maximum Gasteiger partial charge on any atom is 0.191 e. The summed E-state index contributed by atoms with van der Waals surface area (Å²) < 4.78 is 0. The highest BCUT2D eigenvalue weighted by Crippen LogP contribution is 2.30. The van der Waals surface area contributed by atoms with Crippen LogP contribution in [-0.2, 0) is 0 Å². The molecule has 2 aliphatic rings. The first-order chi connectivity index (χ1) is 8.76. The van der Waals surface area contributed by atoms with Crippen molar-refractivity contribution in [2.45, 2.75) is 36.5 Å². The van der Waals surface area contributed by atoms with Crippen LogP contribution in [0.25, 0.3) is 0 Å². The van der Waals surface area contributed by atoms with Crippen LogP contribution in [0.15, 0.2) is 11.2 Å². The van der Waals surface area contributed by atoms with Gasteiger partial charge in [-0.15, -0.1) is 0 Å². The van der Waals surface area contributed by atoms with E-state index < -0.39 is 0 Å². The Morgan fingerprint density at radius 1 is 1.39 bits per heavy atom. The summed E-state index contributed by atoms with van der Waals surface area (Å²) in [4.78, 5) is 11.2. The lowest BCUT2D eigenvalue weighted by molar-refractivity contribution is 0.318. The van der Waals surface area contributed by atoms with Crippen molar-refractivity contribution in [2.75, 3.05) is 30.4 Å². The lowest BCUT2D eigenvalue weighted by Gasteiger charge is -2.21. The predicted octanol–water partition coefficient (Wildman–Crippen LogP) is 1.43. The fourth-order valence-electron chi connectivity index (χ4n) is 3.05. The number of nitrogens with two attached hydrogens (primary N) is 1. The molecule has 2 saturated heterocycles. The minimum Gasteiger partial charge on any atom is -0.383 e. The lowest BCUT2D eigenvalue weighted by Crippen LogP contribution is -2.34. The molecule has 2 atom stereocenters. The smallest absolute Gasteiger partial charge is 0.191 e. The molecule has 1 aromatic heterocycles. The molecule has 3 rings (SSSR count). The van der Waals surface area contributed by atoms with Crippen LogP contribution in [-0.4, -0.2) is 46.3 Å². The molecule has 0 radical (unpaired) electrons. The lowest BCUT2D eigenvalue weighted by atomic mass is 10.1. The van der Waals surface area contributed by atoms with Gasteiger partial charge in [0.05, 0.1) is 0 Å². The zero-order valence-corrected chi connectivity index (χ0v) is 11.4. The Balaban J connectivity index is 1.74. The van der Waals surface area contributed by atoms with Crippen LogP contribution in [0.5, 0.6) is 0 Å². The summed E-state index contributed by atoms with van der Waals surface area (Å²) in [6, 6.07) is 3.02. The first-order valence-electron chi connectivity index (χ1n) is 6.45. The minimum atomic E-state index is 0.511. The van der Waals surface area contributed by atoms with E-state index in [1.807, 2.05) is 12.3 Å². The van der Waals surface area contributed by atoms with Crippen molar-refractivity contribution in [1.82, 2.24) is 14.9 Å². The van der Waals surface area contributed by atoms with Crippen molar-refractivity contribution < 1.29 is 0 Å². The molecule has 0 aliphatic carbocycles. The van der Waals surface area contributed by atoms with Crippen LogP contribution >= 0.6 is 11.8 Å². The Bertz CT molecular complexity index is 438. The highest BCUT2D eigenvalue weighted by atomic mass is 32.2. The van der Waals surface area contributed by atoms with Gasteiger partial charge in [0.2, 0.25) is 0 Å². The zero-order chi connectivity index (χ0) is 12.5. The summed E-state index contributed by atoms with van der Waals surface area (Å²) in [7, 11) is 0. The first kappa shape index (κ1) is 12.0. The van der Waals surface area contributed by atoms with E-state index >= 15 is 0 Å². The van der Waals surface area contributed by atoms with E-state index in [4.69, 9.17) is 5.73 Å². The van der Waals surface area contributed by atoms with Crippen LogP contribution < -0.4 is 11.1 Å². The molecule has 6 heteroatoms. The molecule has 18 heavy (non-hydrogen) atoms. The van der Waals surface area contributed by atoms with Gasteiger partial charge < -0.3 is 11.1 Å². The van der Waals surface area contributed by atoms with Gasteiger partial charge in [0.25, 0.3) is 0 Å².